The van der Waals surface area contributed by atoms with Crippen molar-refractivity contribution >= 4 is 39.3 Å². The van der Waals surface area contributed by atoms with Gasteiger partial charge in [0.2, 0.25) is 5.91 Å². The molecular formula is C16H14BrNOS. The minimum atomic E-state index is 0.0765. The average Bonchev–Trinajstić information content (AvgIpc) is 2.85. The number of nitrogens with one attached hydrogen (secondary N) is 1. The number of rotatable bonds is 3. The first-order chi connectivity index (χ1) is 9.67. The van der Waals surface area contributed by atoms with Crippen molar-refractivity contribution in [3.63, 3.8) is 0 Å². The number of benzene rings is 2. The standard InChI is InChI=1S/C16H14BrNOS/c1-20-13-5-2-10(3-6-13)16(17)11-4-7-14-12(8-11)9-15(19)18-14/h2-8,16H,9H2,1H3,(H,18,19). The minimum Gasteiger partial charge on any atom is -0.326 e. The summed E-state index contributed by atoms with van der Waals surface area (Å²) in [5, 5.41) is 2.86. The molecule has 1 unspecified atom stereocenters. The molecule has 0 aliphatic carbocycles. The fourth-order valence-corrected chi connectivity index (χ4v) is 3.37. The summed E-state index contributed by atoms with van der Waals surface area (Å²) in [6, 6.07) is 14.7. The minimum absolute atomic E-state index is 0.0765. The third-order valence-electron chi connectivity index (χ3n) is 3.46. The Balaban J connectivity index is 1.88. The van der Waals surface area contributed by atoms with Gasteiger partial charge in [-0.2, -0.15) is 0 Å². The smallest absolute Gasteiger partial charge is 0.228 e. The summed E-state index contributed by atoms with van der Waals surface area (Å²) >= 11 is 5.49. The molecule has 0 fully saturated rings. The van der Waals surface area contributed by atoms with E-state index in [0.29, 0.717) is 6.42 Å². The molecule has 2 aromatic rings. The summed E-state index contributed by atoms with van der Waals surface area (Å²) in [5.74, 6) is 0.0765. The molecule has 1 aliphatic heterocycles. The Kier molecular flexibility index (Phi) is 3.85. The number of halogens is 1. The van der Waals surface area contributed by atoms with Crippen LogP contribution in [0.4, 0.5) is 5.69 Å². The van der Waals surface area contributed by atoms with Gasteiger partial charge in [-0.1, -0.05) is 40.2 Å². The van der Waals surface area contributed by atoms with Gasteiger partial charge in [0.05, 0.1) is 11.2 Å². The van der Waals surface area contributed by atoms with Gasteiger partial charge < -0.3 is 5.32 Å². The van der Waals surface area contributed by atoms with E-state index in [1.54, 1.807) is 11.8 Å². The molecule has 1 amide bonds. The van der Waals surface area contributed by atoms with Crippen LogP contribution in [-0.4, -0.2) is 12.2 Å². The maximum atomic E-state index is 11.4. The number of amides is 1. The number of hydrogen-bond acceptors (Lipinski definition) is 2. The lowest BCUT2D eigenvalue weighted by atomic mass is 10.0. The average molecular weight is 348 g/mol. The van der Waals surface area contributed by atoms with Gasteiger partial charge >= 0.3 is 0 Å². The van der Waals surface area contributed by atoms with E-state index in [-0.39, 0.29) is 10.7 Å². The number of carbonyl (C=O) groups is 1. The second-order valence-electron chi connectivity index (χ2n) is 4.78. The zero-order chi connectivity index (χ0) is 14.1. The quantitative estimate of drug-likeness (QED) is 0.659. The van der Waals surface area contributed by atoms with E-state index in [9.17, 15) is 4.79 Å². The molecule has 0 aromatic heterocycles. The molecular weight excluding hydrogens is 334 g/mol. The van der Waals surface area contributed by atoms with Crippen LogP contribution < -0.4 is 5.32 Å². The molecule has 1 heterocycles. The zero-order valence-electron chi connectivity index (χ0n) is 11.0. The molecule has 102 valence electrons. The van der Waals surface area contributed by atoms with Gasteiger partial charge in [-0.05, 0) is 41.1 Å². The fourth-order valence-electron chi connectivity index (χ4n) is 2.37. The number of thioether (sulfide) groups is 1. The van der Waals surface area contributed by atoms with Crippen LogP contribution in [0.1, 0.15) is 21.5 Å². The first-order valence-corrected chi connectivity index (χ1v) is 8.52. The number of anilines is 1. The van der Waals surface area contributed by atoms with Crippen molar-refractivity contribution in [3.8, 4) is 0 Å². The van der Waals surface area contributed by atoms with Crippen molar-refractivity contribution in [1.29, 1.82) is 0 Å². The summed E-state index contributed by atoms with van der Waals surface area (Å²) in [7, 11) is 0. The Morgan fingerprint density at radius 3 is 2.55 bits per heavy atom. The lowest BCUT2D eigenvalue weighted by Gasteiger charge is -2.12. The van der Waals surface area contributed by atoms with Crippen LogP contribution in [0.25, 0.3) is 0 Å². The van der Waals surface area contributed by atoms with Crippen molar-refractivity contribution in [1.82, 2.24) is 0 Å². The van der Waals surface area contributed by atoms with Crippen LogP contribution >= 0.6 is 27.7 Å². The molecule has 2 nitrogen and oxygen atoms in total. The number of hydrogen-bond donors (Lipinski definition) is 1. The number of carbonyl (C=O) groups excluding carboxylic acids is 1. The maximum Gasteiger partial charge on any atom is 0.228 e. The van der Waals surface area contributed by atoms with E-state index in [0.717, 1.165) is 11.3 Å². The first-order valence-electron chi connectivity index (χ1n) is 6.38. The number of alkyl halides is 1. The highest BCUT2D eigenvalue weighted by Crippen LogP contribution is 2.35. The van der Waals surface area contributed by atoms with Crippen molar-refractivity contribution in [2.24, 2.45) is 0 Å². The zero-order valence-corrected chi connectivity index (χ0v) is 13.4. The molecule has 0 bridgehead atoms. The third-order valence-corrected chi connectivity index (χ3v) is 5.26. The summed E-state index contributed by atoms with van der Waals surface area (Å²) in [4.78, 5) is 12.8. The van der Waals surface area contributed by atoms with Crippen LogP contribution in [0.15, 0.2) is 47.4 Å². The van der Waals surface area contributed by atoms with Crippen molar-refractivity contribution in [2.75, 3.05) is 11.6 Å². The monoisotopic (exact) mass is 347 g/mol. The van der Waals surface area contributed by atoms with E-state index in [4.69, 9.17) is 0 Å². The Morgan fingerprint density at radius 2 is 1.85 bits per heavy atom. The Labute approximate surface area is 131 Å². The molecule has 2 aromatic carbocycles. The Bertz CT molecular complexity index is 654. The molecule has 20 heavy (non-hydrogen) atoms. The topological polar surface area (TPSA) is 29.1 Å². The van der Waals surface area contributed by atoms with Crippen LogP contribution in [0.5, 0.6) is 0 Å². The van der Waals surface area contributed by atoms with Gasteiger partial charge in [0.15, 0.2) is 0 Å². The van der Waals surface area contributed by atoms with Crippen LogP contribution in [-0.2, 0) is 11.2 Å². The van der Waals surface area contributed by atoms with Gasteiger partial charge in [0.1, 0.15) is 0 Å². The van der Waals surface area contributed by atoms with E-state index in [2.05, 4.69) is 63.9 Å². The molecule has 1 aliphatic rings. The highest BCUT2D eigenvalue weighted by Gasteiger charge is 2.19. The van der Waals surface area contributed by atoms with Crippen molar-refractivity contribution in [3.05, 3.63) is 59.2 Å². The first kappa shape index (κ1) is 13.7. The summed E-state index contributed by atoms with van der Waals surface area (Å²) in [6.07, 6.45) is 2.55. The largest absolute Gasteiger partial charge is 0.326 e. The highest BCUT2D eigenvalue weighted by atomic mass is 79.9. The SMILES string of the molecule is CSc1ccc(C(Br)c2ccc3c(c2)CC(=O)N3)cc1. The lowest BCUT2D eigenvalue weighted by Crippen LogP contribution is -2.03. The second-order valence-corrected chi connectivity index (χ2v) is 6.57. The summed E-state index contributed by atoms with van der Waals surface area (Å²) in [5.41, 5.74) is 4.42. The molecule has 0 spiro atoms. The maximum absolute atomic E-state index is 11.4. The third kappa shape index (κ3) is 2.63. The molecule has 0 radical (unpaired) electrons. The van der Waals surface area contributed by atoms with E-state index >= 15 is 0 Å². The van der Waals surface area contributed by atoms with Gasteiger partial charge in [-0.15, -0.1) is 11.8 Å². The molecule has 3 rings (SSSR count). The van der Waals surface area contributed by atoms with Crippen LogP contribution in [0.3, 0.4) is 0 Å². The van der Waals surface area contributed by atoms with E-state index in [1.165, 1.54) is 16.0 Å². The van der Waals surface area contributed by atoms with Crippen LogP contribution in [0.2, 0.25) is 0 Å². The Hall–Kier alpha value is -1.26. The van der Waals surface area contributed by atoms with Gasteiger partial charge in [-0.25, -0.2) is 0 Å². The van der Waals surface area contributed by atoms with E-state index in [1.807, 2.05) is 6.07 Å². The summed E-state index contributed by atoms with van der Waals surface area (Å²) < 4.78 is 0. The molecule has 1 atom stereocenters. The Morgan fingerprint density at radius 1 is 1.15 bits per heavy atom. The predicted octanol–water partition coefficient (Wildman–Crippen LogP) is 4.39. The highest BCUT2D eigenvalue weighted by molar-refractivity contribution is 9.09. The van der Waals surface area contributed by atoms with Crippen molar-refractivity contribution < 1.29 is 4.79 Å². The van der Waals surface area contributed by atoms with E-state index < -0.39 is 0 Å². The molecule has 4 heteroatoms. The van der Waals surface area contributed by atoms with Gasteiger partial charge in [0, 0.05) is 10.6 Å². The predicted molar refractivity (Wildman–Crippen MR) is 87.8 cm³/mol. The van der Waals surface area contributed by atoms with Gasteiger partial charge in [0.25, 0.3) is 0 Å². The lowest BCUT2D eigenvalue weighted by molar-refractivity contribution is -0.115. The normalized spacial score (nSPS) is 14.8. The fraction of sp³-hybridized carbons (Fsp3) is 0.188. The summed E-state index contributed by atoms with van der Waals surface area (Å²) in [6.45, 7) is 0. The number of fused-ring (bicyclic) bond motifs is 1. The van der Waals surface area contributed by atoms with Crippen LogP contribution in [0, 0.1) is 0 Å². The second kappa shape index (κ2) is 5.62. The van der Waals surface area contributed by atoms with Crippen molar-refractivity contribution in [2.45, 2.75) is 16.1 Å². The molecule has 0 saturated carbocycles. The molecule has 0 saturated heterocycles. The van der Waals surface area contributed by atoms with Gasteiger partial charge in [-0.3, -0.25) is 4.79 Å². The molecule has 1 N–H and O–H groups in total.